The Morgan fingerprint density at radius 2 is 1.87 bits per heavy atom. The molecule has 4 heterocycles. The molecule has 0 bridgehead atoms. The van der Waals surface area contributed by atoms with Gasteiger partial charge < -0.3 is 14.3 Å². The van der Waals surface area contributed by atoms with Gasteiger partial charge in [-0.15, -0.1) is 11.3 Å². The molecule has 14 heteroatoms. The Kier molecular flexibility index (Phi) is 7.60. The fourth-order valence-electron chi connectivity index (χ4n) is 4.59. The number of pyridine rings is 1. The zero-order valence-electron chi connectivity index (χ0n) is 20.1. The highest BCUT2D eigenvalue weighted by atomic mass is 79.9. The number of thiazole rings is 1. The number of carbonyl (C=O) groups excluding carboxylic acids is 1. The van der Waals surface area contributed by atoms with Crippen molar-refractivity contribution in [2.75, 3.05) is 13.1 Å². The molecule has 39 heavy (non-hydrogen) atoms. The van der Waals surface area contributed by atoms with Gasteiger partial charge in [0.2, 0.25) is 5.91 Å². The molecule has 2 aromatic heterocycles. The summed E-state index contributed by atoms with van der Waals surface area (Å²) in [6.07, 6.45) is -3.26. The molecule has 0 spiro atoms. The van der Waals surface area contributed by atoms with Crippen molar-refractivity contribution in [2.24, 2.45) is 5.16 Å². The lowest BCUT2D eigenvalue weighted by molar-refractivity contribution is -0.139. The van der Waals surface area contributed by atoms with Gasteiger partial charge in [-0.3, -0.25) is 9.59 Å². The van der Waals surface area contributed by atoms with E-state index in [2.05, 4.69) is 26.1 Å². The van der Waals surface area contributed by atoms with Gasteiger partial charge in [-0.05, 0) is 47.0 Å². The molecule has 0 saturated carbocycles. The molecule has 0 aliphatic carbocycles. The van der Waals surface area contributed by atoms with E-state index in [0.717, 1.165) is 21.7 Å². The van der Waals surface area contributed by atoms with Gasteiger partial charge in [-0.25, -0.2) is 13.8 Å². The van der Waals surface area contributed by atoms with Crippen molar-refractivity contribution in [2.45, 2.75) is 44.0 Å². The minimum absolute atomic E-state index is 0.0454. The summed E-state index contributed by atoms with van der Waals surface area (Å²) in [5.74, 6) is -1.84. The summed E-state index contributed by atoms with van der Waals surface area (Å²) in [6, 6.07) is 4.28. The molecule has 3 aromatic rings. The summed E-state index contributed by atoms with van der Waals surface area (Å²) in [7, 11) is 0. The van der Waals surface area contributed by atoms with Crippen LogP contribution in [0.3, 0.4) is 0 Å². The van der Waals surface area contributed by atoms with Crippen LogP contribution >= 0.6 is 27.3 Å². The summed E-state index contributed by atoms with van der Waals surface area (Å²) in [5.41, 5.74) is -1.20. The number of likely N-dealkylation sites (tertiary alicyclic amines) is 1. The molecule has 1 saturated heterocycles. The molecular formula is C25H20BrF5N4O3S. The van der Waals surface area contributed by atoms with Crippen LogP contribution in [0.4, 0.5) is 22.0 Å². The van der Waals surface area contributed by atoms with Gasteiger partial charge >= 0.3 is 6.18 Å². The second-order valence-corrected chi connectivity index (χ2v) is 11.0. The molecule has 7 nitrogen and oxygen atoms in total. The lowest BCUT2D eigenvalue weighted by atomic mass is 9.97. The quantitative estimate of drug-likeness (QED) is 0.342. The summed E-state index contributed by atoms with van der Waals surface area (Å²) >= 11 is 4.26. The van der Waals surface area contributed by atoms with Crippen molar-refractivity contribution in [3.63, 3.8) is 0 Å². The maximum absolute atomic E-state index is 14.1. The van der Waals surface area contributed by atoms with Crippen LogP contribution in [-0.4, -0.2) is 39.2 Å². The lowest BCUT2D eigenvalue weighted by Gasteiger charge is -2.31. The van der Waals surface area contributed by atoms with Crippen LogP contribution in [0, 0.1) is 11.6 Å². The number of rotatable bonds is 5. The number of aromatic nitrogens is 2. The Morgan fingerprint density at radius 3 is 2.54 bits per heavy atom. The van der Waals surface area contributed by atoms with Crippen LogP contribution in [0.15, 0.2) is 50.3 Å². The maximum Gasteiger partial charge on any atom is 0.417 e. The number of alkyl halides is 3. The second-order valence-electron chi connectivity index (χ2n) is 9.21. The molecule has 1 aromatic carbocycles. The standard InChI is InChI=1S/C25H20BrF5N4O3S/c26-15-8-14(25(29,30)31)10-35(24(15)37)11-21(36)34-6-4-13(5-7-34)23-32-19(12-39-23)20-9-18(33-38-20)22-16(27)2-1-3-17(22)28/h1-3,8,10,12-13,20H,4-7,9,11H2. The summed E-state index contributed by atoms with van der Waals surface area (Å²) in [6.45, 7) is 0.206. The first-order chi connectivity index (χ1) is 18.5. The minimum Gasteiger partial charge on any atom is -0.385 e. The number of carbonyl (C=O) groups is 1. The summed E-state index contributed by atoms with van der Waals surface area (Å²) in [4.78, 5) is 36.6. The van der Waals surface area contributed by atoms with Gasteiger partial charge in [0.15, 0.2) is 6.10 Å². The van der Waals surface area contributed by atoms with Crippen LogP contribution in [0.2, 0.25) is 0 Å². The van der Waals surface area contributed by atoms with Crippen molar-refractivity contribution in [1.29, 1.82) is 0 Å². The van der Waals surface area contributed by atoms with Gasteiger partial charge in [0.25, 0.3) is 5.56 Å². The van der Waals surface area contributed by atoms with Crippen molar-refractivity contribution in [3.8, 4) is 0 Å². The normalized spacial score (nSPS) is 18.3. The fourth-order valence-corrected chi connectivity index (χ4v) is 6.09. The predicted octanol–water partition coefficient (Wildman–Crippen LogP) is 5.64. The van der Waals surface area contributed by atoms with E-state index in [-0.39, 0.29) is 28.1 Å². The van der Waals surface area contributed by atoms with E-state index < -0.39 is 47.5 Å². The third-order valence-electron chi connectivity index (χ3n) is 6.66. The number of amides is 1. The molecule has 1 amide bonds. The van der Waals surface area contributed by atoms with Crippen molar-refractivity contribution < 1.29 is 31.6 Å². The largest absolute Gasteiger partial charge is 0.417 e. The average Bonchev–Trinajstić information content (AvgIpc) is 3.56. The fraction of sp³-hybridized carbons (Fsp3) is 0.360. The van der Waals surface area contributed by atoms with Crippen LogP contribution < -0.4 is 5.56 Å². The summed E-state index contributed by atoms with van der Waals surface area (Å²) in [5, 5.41) is 6.50. The van der Waals surface area contributed by atoms with Crippen LogP contribution in [-0.2, 0) is 22.4 Å². The van der Waals surface area contributed by atoms with E-state index in [4.69, 9.17) is 4.84 Å². The number of oxime groups is 1. The Morgan fingerprint density at radius 1 is 1.18 bits per heavy atom. The van der Waals surface area contributed by atoms with E-state index in [0.29, 0.717) is 43.9 Å². The maximum atomic E-state index is 14.1. The first-order valence-electron chi connectivity index (χ1n) is 11.9. The molecule has 1 fully saturated rings. The number of hydrogen-bond donors (Lipinski definition) is 0. The average molecular weight is 631 g/mol. The highest BCUT2D eigenvalue weighted by molar-refractivity contribution is 9.10. The molecule has 2 aliphatic rings. The smallest absolute Gasteiger partial charge is 0.385 e. The Hall–Kier alpha value is -3.13. The monoisotopic (exact) mass is 630 g/mol. The van der Waals surface area contributed by atoms with Crippen molar-refractivity contribution >= 4 is 38.9 Å². The van der Waals surface area contributed by atoms with E-state index in [9.17, 15) is 31.5 Å². The molecule has 1 unspecified atom stereocenters. The number of nitrogens with zero attached hydrogens (tertiary/aromatic N) is 4. The highest BCUT2D eigenvalue weighted by Crippen LogP contribution is 2.36. The zero-order valence-corrected chi connectivity index (χ0v) is 22.5. The zero-order chi connectivity index (χ0) is 27.9. The highest BCUT2D eigenvalue weighted by Gasteiger charge is 2.33. The molecule has 206 valence electrons. The van der Waals surface area contributed by atoms with Gasteiger partial charge in [0.05, 0.1) is 32.0 Å². The number of hydrogen-bond acceptors (Lipinski definition) is 6. The second kappa shape index (κ2) is 10.8. The SMILES string of the molecule is O=C(Cn1cc(C(F)(F)F)cc(Br)c1=O)N1CCC(c2nc(C3CC(c4c(F)cccc4F)=NO3)cs2)CC1. The van der Waals surface area contributed by atoms with E-state index in [1.165, 1.54) is 22.3 Å². The van der Waals surface area contributed by atoms with E-state index in [1.807, 2.05) is 5.38 Å². The van der Waals surface area contributed by atoms with E-state index >= 15 is 0 Å². The van der Waals surface area contributed by atoms with Crippen molar-refractivity contribution in [1.82, 2.24) is 14.5 Å². The third-order valence-corrected chi connectivity index (χ3v) is 8.26. The molecule has 1 atom stereocenters. The third kappa shape index (κ3) is 5.76. The van der Waals surface area contributed by atoms with Crippen molar-refractivity contribution in [3.05, 3.63) is 84.1 Å². The number of halogens is 6. The first kappa shape index (κ1) is 27.4. The van der Waals surface area contributed by atoms with Gasteiger partial charge in [-0.2, -0.15) is 13.2 Å². The molecule has 5 rings (SSSR count). The van der Waals surface area contributed by atoms with Gasteiger partial charge in [-0.1, -0.05) is 11.2 Å². The van der Waals surface area contributed by atoms with Crippen LogP contribution in [0.25, 0.3) is 0 Å². The Balaban J connectivity index is 1.19. The molecular weight excluding hydrogens is 611 g/mol. The number of benzene rings is 1. The molecule has 2 aliphatic heterocycles. The first-order valence-corrected chi connectivity index (χ1v) is 13.6. The predicted molar refractivity (Wildman–Crippen MR) is 135 cm³/mol. The van der Waals surface area contributed by atoms with Crippen LogP contribution in [0.1, 0.15) is 53.1 Å². The Bertz CT molecular complexity index is 1480. The summed E-state index contributed by atoms with van der Waals surface area (Å²) < 4.78 is 68.1. The Labute approximate surface area is 231 Å². The number of piperidine rings is 1. The topological polar surface area (TPSA) is 76.8 Å². The van der Waals surface area contributed by atoms with Gasteiger partial charge in [0, 0.05) is 37.0 Å². The van der Waals surface area contributed by atoms with Crippen LogP contribution in [0.5, 0.6) is 0 Å². The molecule has 0 N–H and O–H groups in total. The van der Waals surface area contributed by atoms with Gasteiger partial charge in [0.1, 0.15) is 18.2 Å². The van der Waals surface area contributed by atoms with E-state index in [1.54, 1.807) is 0 Å². The lowest BCUT2D eigenvalue weighted by Crippen LogP contribution is -2.41. The molecule has 0 radical (unpaired) electrons. The minimum atomic E-state index is -4.66.